The highest BCUT2D eigenvalue weighted by molar-refractivity contribution is 6.31. The van der Waals surface area contributed by atoms with E-state index in [0.717, 1.165) is 11.3 Å². The van der Waals surface area contributed by atoms with Crippen LogP contribution in [0.2, 0.25) is 5.02 Å². The highest BCUT2D eigenvalue weighted by atomic mass is 35.5. The lowest BCUT2D eigenvalue weighted by atomic mass is 10.1. The van der Waals surface area contributed by atoms with Crippen molar-refractivity contribution >= 4 is 23.2 Å². The van der Waals surface area contributed by atoms with Gasteiger partial charge in [-0.1, -0.05) is 11.6 Å². The van der Waals surface area contributed by atoms with Gasteiger partial charge in [0.05, 0.1) is 11.3 Å². The zero-order chi connectivity index (χ0) is 10.3. The first-order valence-corrected chi connectivity index (χ1v) is 4.71. The van der Waals surface area contributed by atoms with Gasteiger partial charge in [-0.15, -0.1) is 0 Å². The molecule has 1 heterocycles. The number of halogens is 1. The van der Waals surface area contributed by atoms with Crippen LogP contribution in [0.25, 0.3) is 0 Å². The number of rotatable bonds is 0. The Morgan fingerprint density at radius 3 is 2.86 bits per heavy atom. The Bertz CT molecular complexity index is 401. The molecular formula is C10H11ClN2O. The van der Waals surface area contributed by atoms with Gasteiger partial charge in [-0.2, -0.15) is 0 Å². The number of benzene rings is 1. The third-order valence-electron chi connectivity index (χ3n) is 2.02. The largest absolute Gasteiger partial charge is 0.452 e. The summed E-state index contributed by atoms with van der Waals surface area (Å²) in [6, 6.07) is 5.33. The highest BCUT2D eigenvalue weighted by Crippen LogP contribution is 2.30. The van der Waals surface area contributed by atoms with Crippen molar-refractivity contribution in [3.8, 4) is 0 Å². The van der Waals surface area contributed by atoms with Crippen molar-refractivity contribution in [3.05, 3.63) is 28.8 Å². The minimum atomic E-state index is -0.547. The average molecular weight is 211 g/mol. The summed E-state index contributed by atoms with van der Waals surface area (Å²) in [5, 5.41) is 11.5. The van der Waals surface area contributed by atoms with Crippen LogP contribution in [-0.2, 0) is 4.74 Å². The van der Waals surface area contributed by atoms with Crippen molar-refractivity contribution in [1.82, 2.24) is 0 Å². The summed E-state index contributed by atoms with van der Waals surface area (Å²) >= 11 is 5.87. The first-order chi connectivity index (χ1) is 6.48. The van der Waals surface area contributed by atoms with Gasteiger partial charge >= 0.3 is 0 Å². The van der Waals surface area contributed by atoms with Gasteiger partial charge in [0.2, 0.25) is 5.90 Å². The van der Waals surface area contributed by atoms with E-state index >= 15 is 0 Å². The van der Waals surface area contributed by atoms with E-state index in [4.69, 9.17) is 21.7 Å². The summed E-state index contributed by atoms with van der Waals surface area (Å²) in [6.45, 7) is 3.73. The summed E-state index contributed by atoms with van der Waals surface area (Å²) in [4.78, 5) is 0. The second-order valence-electron chi connectivity index (χ2n) is 3.76. The van der Waals surface area contributed by atoms with Crippen LogP contribution in [0.5, 0.6) is 0 Å². The van der Waals surface area contributed by atoms with Gasteiger partial charge in [0.25, 0.3) is 0 Å². The Morgan fingerprint density at radius 1 is 1.43 bits per heavy atom. The van der Waals surface area contributed by atoms with Gasteiger partial charge in [0.1, 0.15) is 0 Å². The van der Waals surface area contributed by atoms with E-state index in [-0.39, 0.29) is 5.90 Å². The monoisotopic (exact) mass is 210 g/mol. The van der Waals surface area contributed by atoms with Gasteiger partial charge in [-0.05, 0) is 32.0 Å². The summed E-state index contributed by atoms with van der Waals surface area (Å²) in [5.74, 6) is 0.181. The molecule has 0 saturated carbocycles. The van der Waals surface area contributed by atoms with Crippen molar-refractivity contribution in [2.45, 2.75) is 19.6 Å². The second kappa shape index (κ2) is 2.89. The van der Waals surface area contributed by atoms with Crippen molar-refractivity contribution in [3.63, 3.8) is 0 Å². The molecule has 1 aliphatic rings. The molecule has 0 unspecified atom stereocenters. The minimum Gasteiger partial charge on any atom is -0.452 e. The molecule has 0 amide bonds. The molecule has 1 aliphatic heterocycles. The summed E-state index contributed by atoms with van der Waals surface area (Å²) in [6.07, 6.45) is 0. The van der Waals surface area contributed by atoms with Crippen LogP contribution in [0.4, 0.5) is 5.69 Å². The Morgan fingerprint density at radius 2 is 2.14 bits per heavy atom. The van der Waals surface area contributed by atoms with Gasteiger partial charge in [-0.25, -0.2) is 0 Å². The van der Waals surface area contributed by atoms with Crippen LogP contribution < -0.4 is 5.32 Å². The van der Waals surface area contributed by atoms with Crippen molar-refractivity contribution < 1.29 is 4.74 Å². The molecule has 0 aliphatic carbocycles. The quantitative estimate of drug-likeness (QED) is 0.692. The molecule has 4 heteroatoms. The Kier molecular flexibility index (Phi) is 1.93. The number of nitrogens with one attached hydrogen (secondary N) is 2. The topological polar surface area (TPSA) is 45.1 Å². The fourth-order valence-electron chi connectivity index (χ4n) is 1.48. The van der Waals surface area contributed by atoms with E-state index in [1.54, 1.807) is 18.2 Å². The molecule has 0 saturated heterocycles. The van der Waals surface area contributed by atoms with Crippen LogP contribution >= 0.6 is 11.6 Å². The van der Waals surface area contributed by atoms with Crippen molar-refractivity contribution in [2.75, 3.05) is 5.32 Å². The van der Waals surface area contributed by atoms with E-state index < -0.39 is 5.72 Å². The fourth-order valence-corrected chi connectivity index (χ4v) is 1.65. The number of anilines is 1. The predicted molar refractivity (Wildman–Crippen MR) is 57.1 cm³/mol. The molecule has 0 fully saturated rings. The standard InChI is InChI=1S/C10H11ClN2O/c1-10(2)13-8-5-6(11)3-4-7(8)9(12)14-10/h3-5,12-13H,1-2H3. The molecule has 0 radical (unpaired) electrons. The molecule has 2 rings (SSSR count). The zero-order valence-electron chi connectivity index (χ0n) is 8.02. The smallest absolute Gasteiger partial charge is 0.217 e. The van der Waals surface area contributed by atoms with E-state index in [1.807, 2.05) is 13.8 Å². The molecule has 0 spiro atoms. The molecule has 0 aromatic heterocycles. The Labute approximate surface area is 87.5 Å². The number of hydrogen-bond acceptors (Lipinski definition) is 3. The molecule has 2 N–H and O–H groups in total. The van der Waals surface area contributed by atoms with Gasteiger partial charge < -0.3 is 10.1 Å². The van der Waals surface area contributed by atoms with Crippen LogP contribution in [0.1, 0.15) is 19.4 Å². The molecule has 0 bridgehead atoms. The molecule has 0 atom stereocenters. The maximum Gasteiger partial charge on any atom is 0.217 e. The molecular weight excluding hydrogens is 200 g/mol. The third kappa shape index (κ3) is 1.55. The number of ether oxygens (including phenoxy) is 1. The third-order valence-corrected chi connectivity index (χ3v) is 2.25. The number of hydrogen-bond donors (Lipinski definition) is 2. The molecule has 3 nitrogen and oxygen atoms in total. The Hall–Kier alpha value is -1.22. The first kappa shape index (κ1) is 9.34. The van der Waals surface area contributed by atoms with Gasteiger partial charge in [-0.3, -0.25) is 5.41 Å². The molecule has 1 aromatic rings. The Balaban J connectivity index is 2.51. The van der Waals surface area contributed by atoms with Crippen LogP contribution in [-0.4, -0.2) is 11.6 Å². The fraction of sp³-hybridized carbons (Fsp3) is 0.300. The predicted octanol–water partition coefficient (Wildman–Crippen LogP) is 2.84. The maximum atomic E-state index is 7.69. The molecule has 74 valence electrons. The minimum absolute atomic E-state index is 0.181. The van der Waals surface area contributed by atoms with Gasteiger partial charge in [0, 0.05) is 5.02 Å². The van der Waals surface area contributed by atoms with Crippen LogP contribution in [0, 0.1) is 5.41 Å². The lowest BCUT2D eigenvalue weighted by Crippen LogP contribution is -2.41. The lowest BCUT2D eigenvalue weighted by molar-refractivity contribution is 0.121. The van der Waals surface area contributed by atoms with Crippen molar-refractivity contribution in [1.29, 1.82) is 5.41 Å². The SMILES string of the molecule is CC1(C)Nc2cc(Cl)ccc2C(=N)O1. The first-order valence-electron chi connectivity index (χ1n) is 4.34. The van der Waals surface area contributed by atoms with E-state index in [0.29, 0.717) is 5.02 Å². The normalized spacial score (nSPS) is 18.1. The van der Waals surface area contributed by atoms with Crippen LogP contribution in [0.15, 0.2) is 18.2 Å². The lowest BCUT2D eigenvalue weighted by Gasteiger charge is -2.34. The summed E-state index contributed by atoms with van der Waals surface area (Å²) in [7, 11) is 0. The van der Waals surface area contributed by atoms with E-state index in [1.165, 1.54) is 0 Å². The number of fused-ring (bicyclic) bond motifs is 1. The molecule has 1 aromatic carbocycles. The van der Waals surface area contributed by atoms with E-state index in [2.05, 4.69) is 5.32 Å². The maximum absolute atomic E-state index is 7.69. The van der Waals surface area contributed by atoms with Gasteiger partial charge in [0.15, 0.2) is 5.72 Å². The second-order valence-corrected chi connectivity index (χ2v) is 4.19. The van der Waals surface area contributed by atoms with Crippen LogP contribution in [0.3, 0.4) is 0 Å². The molecule has 14 heavy (non-hydrogen) atoms. The van der Waals surface area contributed by atoms with E-state index in [9.17, 15) is 0 Å². The summed E-state index contributed by atoms with van der Waals surface area (Å²) in [5.41, 5.74) is 1.04. The highest BCUT2D eigenvalue weighted by Gasteiger charge is 2.29. The zero-order valence-corrected chi connectivity index (χ0v) is 8.77. The average Bonchev–Trinajstić information content (AvgIpc) is 2.00. The van der Waals surface area contributed by atoms with Crippen molar-refractivity contribution in [2.24, 2.45) is 0 Å². The summed E-state index contributed by atoms with van der Waals surface area (Å²) < 4.78 is 5.37.